The van der Waals surface area contributed by atoms with Crippen molar-refractivity contribution < 1.29 is 14.3 Å². The first kappa shape index (κ1) is 16.2. The summed E-state index contributed by atoms with van der Waals surface area (Å²) >= 11 is 0. The number of carbonyl (C=O) groups excluding carboxylic acids is 1. The molecule has 1 saturated heterocycles. The highest BCUT2D eigenvalue weighted by molar-refractivity contribution is 5.91. The van der Waals surface area contributed by atoms with Crippen molar-refractivity contribution in [3.8, 4) is 5.75 Å². The van der Waals surface area contributed by atoms with E-state index >= 15 is 0 Å². The van der Waals surface area contributed by atoms with E-state index in [1.54, 1.807) is 0 Å². The summed E-state index contributed by atoms with van der Waals surface area (Å²) in [4.78, 5) is 22.8. The summed E-state index contributed by atoms with van der Waals surface area (Å²) in [6.45, 7) is 1.75. The monoisotopic (exact) mass is 329 g/mol. The van der Waals surface area contributed by atoms with Crippen molar-refractivity contribution in [2.24, 2.45) is 0 Å². The van der Waals surface area contributed by atoms with Gasteiger partial charge in [-0.25, -0.2) is 5.10 Å². The maximum Gasteiger partial charge on any atom is 0.271 e. The van der Waals surface area contributed by atoms with Crippen LogP contribution in [-0.4, -0.2) is 35.4 Å². The Morgan fingerprint density at radius 3 is 2.79 bits per heavy atom. The van der Waals surface area contributed by atoms with Crippen molar-refractivity contribution >= 4 is 5.91 Å². The van der Waals surface area contributed by atoms with E-state index in [0.717, 1.165) is 30.8 Å². The Bertz CT molecular complexity index is 716. The highest BCUT2D eigenvalue weighted by Gasteiger charge is 2.15. The smallest absolute Gasteiger partial charge is 0.271 e. The second-order valence-electron chi connectivity index (χ2n) is 5.58. The minimum atomic E-state index is -0.343. The Morgan fingerprint density at radius 1 is 1.29 bits per heavy atom. The van der Waals surface area contributed by atoms with Crippen LogP contribution in [0.25, 0.3) is 0 Å². The lowest BCUT2D eigenvalue weighted by molar-refractivity contribution is 0.0679. The molecule has 1 fully saturated rings. The van der Waals surface area contributed by atoms with Crippen LogP contribution in [0.5, 0.6) is 5.75 Å². The largest absolute Gasteiger partial charge is 0.491 e. The van der Waals surface area contributed by atoms with Gasteiger partial charge in [0.25, 0.3) is 11.5 Å². The van der Waals surface area contributed by atoms with Gasteiger partial charge >= 0.3 is 0 Å². The van der Waals surface area contributed by atoms with E-state index in [-0.39, 0.29) is 23.3 Å². The fourth-order valence-corrected chi connectivity index (χ4v) is 2.41. The number of ether oxygens (including phenoxy) is 2. The lowest BCUT2D eigenvalue weighted by Crippen LogP contribution is -2.25. The van der Waals surface area contributed by atoms with E-state index in [0.29, 0.717) is 13.2 Å². The maximum absolute atomic E-state index is 11.9. The third-order valence-corrected chi connectivity index (χ3v) is 3.75. The summed E-state index contributed by atoms with van der Waals surface area (Å²) in [7, 11) is 0. The van der Waals surface area contributed by atoms with E-state index in [1.165, 1.54) is 12.1 Å². The van der Waals surface area contributed by atoms with Crippen LogP contribution in [0.15, 0.2) is 41.2 Å². The first-order valence-electron chi connectivity index (χ1n) is 7.88. The number of carbonyl (C=O) groups is 1. The summed E-state index contributed by atoms with van der Waals surface area (Å²) in [5, 5.41) is 8.66. The molecule has 126 valence electrons. The molecule has 7 heteroatoms. The number of hydrogen-bond donors (Lipinski definition) is 2. The third-order valence-electron chi connectivity index (χ3n) is 3.75. The van der Waals surface area contributed by atoms with Gasteiger partial charge in [-0.2, -0.15) is 5.10 Å². The first-order chi connectivity index (χ1) is 11.7. The summed E-state index contributed by atoms with van der Waals surface area (Å²) < 4.78 is 11.2. The number of aromatic nitrogens is 2. The second-order valence-corrected chi connectivity index (χ2v) is 5.58. The summed E-state index contributed by atoms with van der Waals surface area (Å²) in [6.07, 6.45) is 2.33. The quantitative estimate of drug-likeness (QED) is 0.832. The van der Waals surface area contributed by atoms with Crippen LogP contribution in [0.3, 0.4) is 0 Å². The molecule has 0 saturated carbocycles. The number of aromatic amines is 1. The zero-order valence-electron chi connectivity index (χ0n) is 13.2. The number of nitrogens with one attached hydrogen (secondary N) is 2. The van der Waals surface area contributed by atoms with Gasteiger partial charge in [0.1, 0.15) is 18.1 Å². The maximum atomic E-state index is 11.9. The summed E-state index contributed by atoms with van der Waals surface area (Å²) in [6, 6.07) is 10.2. The molecule has 0 aliphatic carbocycles. The zero-order valence-corrected chi connectivity index (χ0v) is 13.2. The van der Waals surface area contributed by atoms with Crippen molar-refractivity contribution in [1.82, 2.24) is 15.5 Å². The third kappa shape index (κ3) is 4.42. The molecule has 2 heterocycles. The van der Waals surface area contributed by atoms with Gasteiger partial charge in [-0.3, -0.25) is 9.59 Å². The van der Waals surface area contributed by atoms with Gasteiger partial charge in [-0.1, -0.05) is 12.1 Å². The van der Waals surface area contributed by atoms with Crippen LogP contribution in [0, 0.1) is 0 Å². The predicted molar refractivity (Wildman–Crippen MR) is 86.9 cm³/mol. The van der Waals surface area contributed by atoms with Gasteiger partial charge in [-0.15, -0.1) is 0 Å². The van der Waals surface area contributed by atoms with Gasteiger partial charge < -0.3 is 14.8 Å². The van der Waals surface area contributed by atoms with Gasteiger partial charge in [-0.05, 0) is 36.6 Å². The highest BCUT2D eigenvalue weighted by atomic mass is 16.5. The molecule has 1 atom stereocenters. The van der Waals surface area contributed by atoms with Crippen LogP contribution >= 0.6 is 0 Å². The normalized spacial score (nSPS) is 16.8. The van der Waals surface area contributed by atoms with Crippen molar-refractivity contribution in [3.63, 3.8) is 0 Å². The molecule has 24 heavy (non-hydrogen) atoms. The van der Waals surface area contributed by atoms with Crippen molar-refractivity contribution in [2.45, 2.75) is 25.5 Å². The van der Waals surface area contributed by atoms with E-state index in [2.05, 4.69) is 15.5 Å². The standard InChI is InChI=1S/C17H19N3O4/c21-16-8-7-15(19-20-16)17(22)18-10-12-3-5-13(6-4-12)24-11-14-2-1-9-23-14/h3-8,14H,1-2,9-11H2,(H,18,22)(H,20,21)/t14-/m0/s1. The molecule has 0 spiro atoms. The van der Waals surface area contributed by atoms with Crippen LogP contribution in [0.1, 0.15) is 28.9 Å². The van der Waals surface area contributed by atoms with E-state index in [9.17, 15) is 9.59 Å². The molecule has 3 rings (SSSR count). The first-order valence-corrected chi connectivity index (χ1v) is 7.88. The van der Waals surface area contributed by atoms with Crippen molar-refractivity contribution in [2.75, 3.05) is 13.2 Å². The molecule has 2 aromatic rings. The Balaban J connectivity index is 1.47. The van der Waals surface area contributed by atoms with Crippen LogP contribution in [0.2, 0.25) is 0 Å². The van der Waals surface area contributed by atoms with Gasteiger partial charge in [0.05, 0.1) is 6.10 Å². The Hall–Kier alpha value is -2.67. The van der Waals surface area contributed by atoms with Crippen molar-refractivity contribution in [1.29, 1.82) is 0 Å². The van der Waals surface area contributed by atoms with E-state index < -0.39 is 0 Å². The topological polar surface area (TPSA) is 93.3 Å². The second kappa shape index (κ2) is 7.74. The predicted octanol–water partition coefficient (Wildman–Crippen LogP) is 1.26. The molecule has 0 bridgehead atoms. The molecule has 1 aromatic carbocycles. The van der Waals surface area contributed by atoms with Crippen molar-refractivity contribution in [3.05, 3.63) is 58.0 Å². The molecular formula is C17H19N3O4. The zero-order chi connectivity index (χ0) is 16.8. The average Bonchev–Trinajstić information content (AvgIpc) is 3.13. The molecule has 0 radical (unpaired) electrons. The number of amides is 1. The van der Waals surface area contributed by atoms with Crippen LogP contribution in [0.4, 0.5) is 0 Å². The number of nitrogens with zero attached hydrogens (tertiary/aromatic N) is 1. The van der Waals surface area contributed by atoms with E-state index in [1.807, 2.05) is 24.3 Å². The molecule has 2 N–H and O–H groups in total. The Morgan fingerprint density at radius 2 is 2.12 bits per heavy atom. The van der Waals surface area contributed by atoms with Crippen LogP contribution < -0.4 is 15.6 Å². The van der Waals surface area contributed by atoms with Gasteiger partial charge in [0.15, 0.2) is 0 Å². The highest BCUT2D eigenvalue weighted by Crippen LogP contribution is 2.16. The Labute approximate surface area is 139 Å². The minimum Gasteiger partial charge on any atom is -0.491 e. The number of hydrogen-bond acceptors (Lipinski definition) is 5. The molecule has 1 aliphatic heterocycles. The molecule has 0 unspecified atom stereocenters. The fourth-order valence-electron chi connectivity index (χ4n) is 2.41. The molecule has 1 aliphatic rings. The molecule has 1 aromatic heterocycles. The lowest BCUT2D eigenvalue weighted by atomic mass is 10.2. The minimum absolute atomic E-state index is 0.172. The molecule has 1 amide bonds. The summed E-state index contributed by atoms with van der Waals surface area (Å²) in [5.41, 5.74) is 0.772. The molecular weight excluding hydrogens is 310 g/mol. The number of benzene rings is 1. The Kier molecular flexibility index (Phi) is 5.22. The summed E-state index contributed by atoms with van der Waals surface area (Å²) in [5.74, 6) is 0.438. The SMILES string of the molecule is O=C(NCc1ccc(OC[C@@H]2CCCO2)cc1)c1ccc(=O)[nH]n1. The van der Waals surface area contributed by atoms with Gasteiger partial charge in [0, 0.05) is 19.2 Å². The van der Waals surface area contributed by atoms with E-state index in [4.69, 9.17) is 9.47 Å². The van der Waals surface area contributed by atoms with Gasteiger partial charge in [0.2, 0.25) is 0 Å². The average molecular weight is 329 g/mol. The fraction of sp³-hybridized carbons (Fsp3) is 0.353. The number of rotatable bonds is 6. The molecule has 7 nitrogen and oxygen atoms in total. The number of H-pyrrole nitrogens is 1. The lowest BCUT2D eigenvalue weighted by Gasteiger charge is -2.12. The van der Waals surface area contributed by atoms with Crippen LogP contribution in [-0.2, 0) is 11.3 Å².